The summed E-state index contributed by atoms with van der Waals surface area (Å²) in [6, 6.07) is -3.40. The minimum Gasteiger partial charge on any atom is -0.480 e. The second-order valence-electron chi connectivity index (χ2n) is 5.48. The van der Waals surface area contributed by atoms with E-state index in [0.717, 1.165) is 0 Å². The van der Waals surface area contributed by atoms with E-state index >= 15 is 0 Å². The van der Waals surface area contributed by atoms with Crippen molar-refractivity contribution in [1.82, 2.24) is 25.9 Å². The van der Waals surface area contributed by atoms with Crippen LogP contribution in [0, 0.1) is 0 Å². The Hall–Kier alpha value is -2.99. The molecule has 0 saturated heterocycles. The zero-order chi connectivity index (χ0) is 19.7. The second-order valence-corrected chi connectivity index (χ2v) is 5.48. The normalized spacial score (nSPS) is 14.0. The number of carbonyl (C=O) groups is 4. The summed E-state index contributed by atoms with van der Waals surface area (Å²) in [4.78, 5) is 52.6. The third kappa shape index (κ3) is 6.86. The summed E-state index contributed by atoms with van der Waals surface area (Å²) >= 11 is 0. The minimum atomic E-state index is -1.31. The van der Waals surface area contributed by atoms with Gasteiger partial charge in [-0.25, -0.2) is 4.98 Å². The Morgan fingerprint density at radius 2 is 1.96 bits per heavy atom. The van der Waals surface area contributed by atoms with Crippen molar-refractivity contribution in [3.63, 3.8) is 0 Å². The minimum absolute atomic E-state index is 0.154. The zero-order valence-electron chi connectivity index (χ0n) is 14.1. The van der Waals surface area contributed by atoms with Gasteiger partial charge in [0.25, 0.3) is 0 Å². The number of nitrogens with zero attached hydrogens (tertiary/aromatic N) is 1. The Balaban J connectivity index is 2.46. The fourth-order valence-corrected chi connectivity index (χ4v) is 1.84. The molecule has 0 spiro atoms. The molecule has 8 N–H and O–H groups in total. The summed E-state index contributed by atoms with van der Waals surface area (Å²) < 4.78 is 0. The molecule has 0 bridgehead atoms. The maximum absolute atomic E-state index is 12.0. The first-order valence-corrected chi connectivity index (χ1v) is 7.68. The Labute approximate surface area is 148 Å². The Bertz CT molecular complexity index is 634. The standard InChI is InChI=1S/C14H22N6O6/c1-7(14(25)26)19-11(22)4-17-13(24)10(5-21)20-12(23)9(15)2-8-3-16-6-18-8/h3,6-7,9-10,21H,2,4-5,15H2,1H3,(H,16,18)(H,17,24)(H,19,22)(H,20,23)(H,25,26). The number of carbonyl (C=O) groups excluding carboxylic acids is 3. The van der Waals surface area contributed by atoms with Crippen molar-refractivity contribution < 1.29 is 29.4 Å². The molecule has 0 fully saturated rings. The van der Waals surface area contributed by atoms with Crippen molar-refractivity contribution in [2.24, 2.45) is 5.73 Å². The number of hydrogen-bond donors (Lipinski definition) is 7. The summed E-state index contributed by atoms with van der Waals surface area (Å²) in [5, 5.41) is 24.5. The summed E-state index contributed by atoms with van der Waals surface area (Å²) in [6.07, 6.45) is 3.08. The maximum Gasteiger partial charge on any atom is 0.325 e. The first kappa shape index (κ1) is 21.1. The molecule has 0 aliphatic rings. The Morgan fingerprint density at radius 1 is 1.27 bits per heavy atom. The van der Waals surface area contributed by atoms with E-state index in [0.29, 0.717) is 5.69 Å². The van der Waals surface area contributed by atoms with E-state index < -0.39 is 55.0 Å². The summed E-state index contributed by atoms with van der Waals surface area (Å²) in [7, 11) is 0. The van der Waals surface area contributed by atoms with Gasteiger partial charge in [-0.15, -0.1) is 0 Å². The molecule has 1 heterocycles. The van der Waals surface area contributed by atoms with Crippen LogP contribution in [0.3, 0.4) is 0 Å². The lowest BCUT2D eigenvalue weighted by Gasteiger charge is -2.19. The number of amides is 3. The van der Waals surface area contributed by atoms with E-state index in [4.69, 9.17) is 10.8 Å². The number of carboxylic acid groups (broad SMARTS) is 1. The number of nitrogens with one attached hydrogen (secondary N) is 4. The highest BCUT2D eigenvalue weighted by molar-refractivity contribution is 5.92. The third-order valence-corrected chi connectivity index (χ3v) is 3.32. The summed E-state index contributed by atoms with van der Waals surface area (Å²) in [5.74, 6) is -3.44. The molecule has 12 nitrogen and oxygen atoms in total. The highest BCUT2D eigenvalue weighted by atomic mass is 16.4. The lowest BCUT2D eigenvalue weighted by molar-refractivity contribution is -0.141. The molecule has 3 amide bonds. The lowest BCUT2D eigenvalue weighted by Crippen LogP contribution is -2.55. The second kappa shape index (κ2) is 10.1. The highest BCUT2D eigenvalue weighted by Crippen LogP contribution is 1.97. The lowest BCUT2D eigenvalue weighted by atomic mass is 10.1. The van der Waals surface area contributed by atoms with Crippen molar-refractivity contribution in [2.45, 2.75) is 31.5 Å². The highest BCUT2D eigenvalue weighted by Gasteiger charge is 2.24. The number of rotatable bonds is 10. The van der Waals surface area contributed by atoms with Crippen LogP contribution in [0.15, 0.2) is 12.5 Å². The fraction of sp³-hybridized carbons (Fsp3) is 0.500. The van der Waals surface area contributed by atoms with Crippen molar-refractivity contribution in [3.05, 3.63) is 18.2 Å². The van der Waals surface area contributed by atoms with Crippen LogP contribution < -0.4 is 21.7 Å². The predicted molar refractivity (Wildman–Crippen MR) is 87.5 cm³/mol. The van der Waals surface area contributed by atoms with Crippen LogP contribution in [0.25, 0.3) is 0 Å². The number of aliphatic hydroxyl groups is 1. The number of aliphatic carboxylic acids is 1. The molecule has 1 aromatic heterocycles. The molecule has 0 aliphatic heterocycles. The molecule has 1 rings (SSSR count). The van der Waals surface area contributed by atoms with Crippen molar-refractivity contribution in [3.8, 4) is 0 Å². The molecular weight excluding hydrogens is 348 g/mol. The molecule has 0 aliphatic carbocycles. The maximum atomic E-state index is 12.0. The molecule has 3 unspecified atom stereocenters. The van der Waals surface area contributed by atoms with Gasteiger partial charge in [-0.2, -0.15) is 0 Å². The SMILES string of the molecule is CC(NC(=O)CNC(=O)C(CO)NC(=O)C(N)Cc1cnc[nH]1)C(=O)O. The predicted octanol–water partition coefficient (Wildman–Crippen LogP) is -3.54. The molecule has 0 saturated carbocycles. The number of hydrogen-bond acceptors (Lipinski definition) is 7. The monoisotopic (exact) mass is 370 g/mol. The van der Waals surface area contributed by atoms with Gasteiger partial charge in [-0.1, -0.05) is 0 Å². The van der Waals surface area contributed by atoms with Crippen molar-refractivity contribution >= 4 is 23.7 Å². The van der Waals surface area contributed by atoms with E-state index in [9.17, 15) is 24.3 Å². The topological polar surface area (TPSA) is 200 Å². The van der Waals surface area contributed by atoms with Crippen molar-refractivity contribution in [1.29, 1.82) is 0 Å². The van der Waals surface area contributed by atoms with Gasteiger partial charge in [-0.3, -0.25) is 19.2 Å². The Kier molecular flexibility index (Phi) is 8.18. The first-order chi connectivity index (χ1) is 12.2. The van der Waals surface area contributed by atoms with Crippen LogP contribution in [0.2, 0.25) is 0 Å². The average molecular weight is 370 g/mol. The molecule has 26 heavy (non-hydrogen) atoms. The van der Waals surface area contributed by atoms with Crippen LogP contribution in [0.5, 0.6) is 0 Å². The van der Waals surface area contributed by atoms with E-state index in [1.165, 1.54) is 19.4 Å². The van der Waals surface area contributed by atoms with Crippen LogP contribution in [0.4, 0.5) is 0 Å². The molecular formula is C14H22N6O6. The van der Waals surface area contributed by atoms with Gasteiger partial charge in [0.1, 0.15) is 12.1 Å². The zero-order valence-corrected chi connectivity index (χ0v) is 14.1. The number of H-pyrrole nitrogens is 1. The van der Waals surface area contributed by atoms with Crippen LogP contribution in [0.1, 0.15) is 12.6 Å². The number of carboxylic acids is 1. The van der Waals surface area contributed by atoms with Crippen LogP contribution in [-0.4, -0.2) is 75.1 Å². The van der Waals surface area contributed by atoms with Gasteiger partial charge < -0.3 is 36.9 Å². The van der Waals surface area contributed by atoms with E-state index in [2.05, 4.69) is 25.9 Å². The smallest absolute Gasteiger partial charge is 0.325 e. The molecule has 0 aromatic carbocycles. The molecule has 1 aromatic rings. The van der Waals surface area contributed by atoms with Gasteiger partial charge in [0.15, 0.2) is 0 Å². The average Bonchev–Trinajstić information content (AvgIpc) is 3.09. The van der Waals surface area contributed by atoms with Gasteiger partial charge >= 0.3 is 5.97 Å². The number of nitrogens with two attached hydrogens (primary N) is 1. The van der Waals surface area contributed by atoms with Gasteiger partial charge in [0.2, 0.25) is 17.7 Å². The van der Waals surface area contributed by atoms with E-state index in [1.807, 2.05) is 0 Å². The van der Waals surface area contributed by atoms with Gasteiger partial charge in [-0.05, 0) is 6.92 Å². The number of aromatic amines is 1. The van der Waals surface area contributed by atoms with Gasteiger partial charge in [0, 0.05) is 18.3 Å². The number of aliphatic hydroxyl groups excluding tert-OH is 1. The molecule has 3 atom stereocenters. The van der Waals surface area contributed by atoms with Crippen LogP contribution >= 0.6 is 0 Å². The third-order valence-electron chi connectivity index (χ3n) is 3.32. The number of aromatic nitrogens is 2. The van der Waals surface area contributed by atoms with Crippen molar-refractivity contribution in [2.75, 3.05) is 13.2 Å². The van der Waals surface area contributed by atoms with E-state index in [1.54, 1.807) is 0 Å². The molecule has 0 radical (unpaired) electrons. The Morgan fingerprint density at radius 3 is 2.50 bits per heavy atom. The summed E-state index contributed by atoms with van der Waals surface area (Å²) in [6.45, 7) is 0.0460. The van der Waals surface area contributed by atoms with E-state index in [-0.39, 0.29) is 6.42 Å². The summed E-state index contributed by atoms with van der Waals surface area (Å²) in [5.41, 5.74) is 6.35. The quantitative estimate of drug-likeness (QED) is 0.219. The van der Waals surface area contributed by atoms with Crippen LogP contribution in [-0.2, 0) is 25.6 Å². The first-order valence-electron chi connectivity index (χ1n) is 7.68. The molecule has 12 heteroatoms. The van der Waals surface area contributed by atoms with Gasteiger partial charge in [0.05, 0.1) is 25.5 Å². The fourth-order valence-electron chi connectivity index (χ4n) is 1.84. The largest absolute Gasteiger partial charge is 0.480 e. The number of imidazole rings is 1. The molecule has 144 valence electrons.